The van der Waals surface area contributed by atoms with E-state index in [0.717, 1.165) is 10.2 Å². The molecule has 0 aliphatic rings. The number of hydrogen-bond donors (Lipinski definition) is 3. The van der Waals surface area contributed by atoms with Crippen LogP contribution in [-0.4, -0.2) is 30.2 Å². The van der Waals surface area contributed by atoms with Crippen LogP contribution >= 0.6 is 27.3 Å². The summed E-state index contributed by atoms with van der Waals surface area (Å²) in [7, 11) is 0. The van der Waals surface area contributed by atoms with Crippen molar-refractivity contribution in [2.75, 3.05) is 13.1 Å². The summed E-state index contributed by atoms with van der Waals surface area (Å²) >= 11 is 5.03. The fraction of sp³-hybridized carbons (Fsp3) is 0.500. The van der Waals surface area contributed by atoms with E-state index in [9.17, 15) is 9.59 Å². The normalized spacial score (nSPS) is 11.9. The molecule has 0 spiro atoms. The molecule has 19 heavy (non-hydrogen) atoms. The number of halogens is 1. The van der Waals surface area contributed by atoms with Crippen molar-refractivity contribution in [2.45, 2.75) is 19.8 Å². The molecule has 0 saturated heterocycles. The Kier molecular flexibility index (Phi) is 6.86. The third-order valence-electron chi connectivity index (χ3n) is 2.42. The van der Waals surface area contributed by atoms with Crippen molar-refractivity contribution in [3.63, 3.8) is 0 Å². The molecule has 0 aliphatic heterocycles. The number of hydrogen-bond acceptors (Lipinski definition) is 3. The average molecular weight is 349 g/mol. The molecule has 1 aromatic rings. The standard InChI is InChI=1S/C12H17BrN2O3S/c1-8(6-11(16)17)7-15-12(18)14-5-4-9-2-3-10(13)19-9/h2-3,8H,4-7H2,1H3,(H,16,17)(H2,14,15,18). The molecule has 1 rings (SSSR count). The zero-order chi connectivity index (χ0) is 14.3. The number of amides is 2. The molecule has 0 radical (unpaired) electrons. The van der Waals surface area contributed by atoms with Crippen molar-refractivity contribution in [1.82, 2.24) is 10.6 Å². The van der Waals surface area contributed by atoms with Gasteiger partial charge in [0.25, 0.3) is 0 Å². The number of carbonyl (C=O) groups excluding carboxylic acids is 1. The van der Waals surface area contributed by atoms with Crippen molar-refractivity contribution in [3.05, 3.63) is 20.8 Å². The lowest BCUT2D eigenvalue weighted by Gasteiger charge is -2.11. The van der Waals surface area contributed by atoms with Gasteiger partial charge in [0.15, 0.2) is 0 Å². The molecule has 1 heterocycles. The van der Waals surface area contributed by atoms with Crippen LogP contribution in [0.5, 0.6) is 0 Å². The smallest absolute Gasteiger partial charge is 0.314 e. The molecule has 2 amide bonds. The summed E-state index contributed by atoms with van der Waals surface area (Å²) in [5.74, 6) is -0.922. The Balaban J connectivity index is 2.12. The summed E-state index contributed by atoms with van der Waals surface area (Å²) in [5, 5.41) is 14.0. The van der Waals surface area contributed by atoms with Crippen LogP contribution in [0.15, 0.2) is 15.9 Å². The number of thiophene rings is 1. The molecule has 106 valence electrons. The largest absolute Gasteiger partial charge is 0.481 e. The lowest BCUT2D eigenvalue weighted by atomic mass is 10.1. The fourth-order valence-corrected chi connectivity index (χ4v) is 2.97. The van der Waals surface area contributed by atoms with Crippen LogP contribution in [-0.2, 0) is 11.2 Å². The molecule has 0 saturated carbocycles. The van der Waals surface area contributed by atoms with E-state index in [0.29, 0.717) is 13.1 Å². The van der Waals surface area contributed by atoms with Gasteiger partial charge in [0, 0.05) is 24.4 Å². The molecular formula is C12H17BrN2O3S. The highest BCUT2D eigenvalue weighted by atomic mass is 79.9. The first-order valence-corrected chi connectivity index (χ1v) is 7.56. The molecule has 7 heteroatoms. The van der Waals surface area contributed by atoms with E-state index >= 15 is 0 Å². The van der Waals surface area contributed by atoms with E-state index in [4.69, 9.17) is 5.11 Å². The first-order chi connectivity index (χ1) is 8.97. The molecule has 0 fully saturated rings. The van der Waals surface area contributed by atoms with Crippen molar-refractivity contribution in [3.8, 4) is 0 Å². The number of aliphatic carboxylic acids is 1. The number of carboxylic acids is 1. The second kappa shape index (κ2) is 8.16. The van der Waals surface area contributed by atoms with Gasteiger partial charge in [0.2, 0.25) is 0 Å². The number of urea groups is 1. The van der Waals surface area contributed by atoms with Gasteiger partial charge < -0.3 is 15.7 Å². The van der Waals surface area contributed by atoms with E-state index in [-0.39, 0.29) is 18.4 Å². The summed E-state index contributed by atoms with van der Waals surface area (Å²) in [5.41, 5.74) is 0. The third-order valence-corrected chi connectivity index (χ3v) is 4.10. The Hall–Kier alpha value is -1.08. The van der Waals surface area contributed by atoms with Crippen LogP contribution < -0.4 is 10.6 Å². The number of carboxylic acid groups (broad SMARTS) is 1. The molecule has 5 nitrogen and oxygen atoms in total. The zero-order valence-corrected chi connectivity index (χ0v) is 13.0. The second-order valence-corrected chi connectivity index (χ2v) is 6.84. The monoisotopic (exact) mass is 348 g/mol. The predicted octanol–water partition coefficient (Wildman–Crippen LogP) is 2.46. The van der Waals surface area contributed by atoms with Gasteiger partial charge in [0.1, 0.15) is 0 Å². The average Bonchev–Trinajstić information content (AvgIpc) is 2.71. The van der Waals surface area contributed by atoms with E-state index in [1.54, 1.807) is 18.3 Å². The first-order valence-electron chi connectivity index (χ1n) is 5.95. The van der Waals surface area contributed by atoms with E-state index < -0.39 is 5.97 Å². The molecule has 0 aliphatic carbocycles. The van der Waals surface area contributed by atoms with Crippen molar-refractivity contribution < 1.29 is 14.7 Å². The minimum Gasteiger partial charge on any atom is -0.481 e. The molecule has 1 unspecified atom stereocenters. The maximum atomic E-state index is 11.5. The summed E-state index contributed by atoms with van der Waals surface area (Å²) in [6.45, 7) is 2.71. The Morgan fingerprint density at radius 2 is 2.16 bits per heavy atom. The highest BCUT2D eigenvalue weighted by Gasteiger charge is 2.09. The minimum absolute atomic E-state index is 0.0590. The lowest BCUT2D eigenvalue weighted by Crippen LogP contribution is -2.39. The summed E-state index contributed by atoms with van der Waals surface area (Å²) in [6.07, 6.45) is 0.845. The van der Waals surface area contributed by atoms with E-state index in [2.05, 4.69) is 26.6 Å². The predicted molar refractivity (Wildman–Crippen MR) is 78.5 cm³/mol. The topological polar surface area (TPSA) is 78.4 Å². The van der Waals surface area contributed by atoms with Crippen LogP contribution in [0.25, 0.3) is 0 Å². The number of rotatable bonds is 7. The molecule has 0 aromatic carbocycles. The Labute approximate surface area is 124 Å². The molecule has 3 N–H and O–H groups in total. The SMILES string of the molecule is CC(CNC(=O)NCCc1ccc(Br)s1)CC(=O)O. The minimum atomic E-state index is -0.849. The molecule has 1 atom stereocenters. The maximum Gasteiger partial charge on any atom is 0.314 e. The van der Waals surface area contributed by atoms with E-state index in [1.807, 2.05) is 12.1 Å². The molecular weight excluding hydrogens is 332 g/mol. The van der Waals surface area contributed by atoms with Gasteiger partial charge in [0.05, 0.1) is 3.79 Å². The third kappa shape index (κ3) is 7.17. The highest BCUT2D eigenvalue weighted by Crippen LogP contribution is 2.21. The van der Waals surface area contributed by atoms with Crippen LogP contribution in [0.3, 0.4) is 0 Å². The maximum absolute atomic E-state index is 11.5. The van der Waals surface area contributed by atoms with Gasteiger partial charge in [-0.15, -0.1) is 11.3 Å². The van der Waals surface area contributed by atoms with Crippen LogP contribution in [0.2, 0.25) is 0 Å². The summed E-state index contributed by atoms with van der Waals surface area (Å²) < 4.78 is 1.08. The zero-order valence-electron chi connectivity index (χ0n) is 10.6. The van der Waals surface area contributed by atoms with E-state index in [1.165, 1.54) is 4.88 Å². The van der Waals surface area contributed by atoms with Crippen LogP contribution in [0.4, 0.5) is 4.79 Å². The first kappa shape index (κ1) is 16.0. The number of nitrogens with one attached hydrogen (secondary N) is 2. The van der Waals surface area contributed by atoms with Gasteiger partial charge in [-0.2, -0.15) is 0 Å². The summed E-state index contributed by atoms with van der Waals surface area (Å²) in [4.78, 5) is 23.1. The fourth-order valence-electron chi connectivity index (χ4n) is 1.49. The second-order valence-electron chi connectivity index (χ2n) is 4.30. The Morgan fingerprint density at radius 3 is 2.74 bits per heavy atom. The van der Waals surface area contributed by atoms with Crippen molar-refractivity contribution in [1.29, 1.82) is 0 Å². The number of carbonyl (C=O) groups is 2. The van der Waals surface area contributed by atoms with Gasteiger partial charge in [-0.25, -0.2) is 4.79 Å². The van der Waals surface area contributed by atoms with Gasteiger partial charge in [-0.1, -0.05) is 6.92 Å². The van der Waals surface area contributed by atoms with Gasteiger partial charge in [-0.3, -0.25) is 4.79 Å². The van der Waals surface area contributed by atoms with Gasteiger partial charge in [-0.05, 0) is 40.4 Å². The Bertz CT molecular complexity index is 436. The van der Waals surface area contributed by atoms with Crippen LogP contribution in [0.1, 0.15) is 18.2 Å². The Morgan fingerprint density at radius 1 is 1.42 bits per heavy atom. The molecule has 0 bridgehead atoms. The summed E-state index contributed by atoms with van der Waals surface area (Å²) in [6, 6.07) is 3.74. The van der Waals surface area contributed by atoms with Crippen molar-refractivity contribution in [2.24, 2.45) is 5.92 Å². The molecule has 1 aromatic heterocycles. The van der Waals surface area contributed by atoms with Crippen LogP contribution in [0, 0.1) is 5.92 Å². The highest BCUT2D eigenvalue weighted by molar-refractivity contribution is 9.11. The lowest BCUT2D eigenvalue weighted by molar-refractivity contribution is -0.137. The van der Waals surface area contributed by atoms with Gasteiger partial charge >= 0.3 is 12.0 Å². The quantitative estimate of drug-likeness (QED) is 0.708. The van der Waals surface area contributed by atoms with Crippen molar-refractivity contribution >= 4 is 39.3 Å².